The minimum atomic E-state index is -0.963. The topological polar surface area (TPSA) is 68.6 Å². The van der Waals surface area contributed by atoms with Gasteiger partial charge >= 0.3 is 5.97 Å². The number of thioether (sulfide) groups is 1. The van der Waals surface area contributed by atoms with Crippen molar-refractivity contribution in [1.29, 1.82) is 0 Å². The van der Waals surface area contributed by atoms with Crippen LogP contribution in [0, 0.1) is 0 Å². The van der Waals surface area contributed by atoms with E-state index in [2.05, 4.69) is 20.7 Å². The van der Waals surface area contributed by atoms with E-state index in [1.807, 2.05) is 47.2 Å². The average Bonchev–Trinajstić information content (AvgIpc) is 3.18. The third-order valence-electron chi connectivity index (χ3n) is 3.90. The van der Waals surface area contributed by atoms with Crippen molar-refractivity contribution in [3.63, 3.8) is 0 Å². The molecule has 1 saturated heterocycles. The Bertz CT molecular complexity index is 921. The van der Waals surface area contributed by atoms with Gasteiger partial charge in [0.05, 0.1) is 12.0 Å². The van der Waals surface area contributed by atoms with Gasteiger partial charge in [-0.2, -0.15) is 0 Å². The number of hydrogen-bond acceptors (Lipinski definition) is 5. The van der Waals surface area contributed by atoms with Crippen LogP contribution in [-0.4, -0.2) is 39.7 Å². The number of halogens is 1. The molecule has 0 radical (unpaired) electrons. The highest BCUT2D eigenvalue weighted by molar-refractivity contribution is 9.10. The Hall–Kier alpha value is -2.32. The number of benzene rings is 1. The first-order valence-electron chi connectivity index (χ1n) is 7.70. The summed E-state index contributed by atoms with van der Waals surface area (Å²) in [6.07, 6.45) is 3.52. The maximum atomic E-state index is 12.6. The SMILES string of the molecule is COC(=O)[C@@H](C)N1C(=O)S/C(=C/c2cccn2-c2cccc(Br)c2)C1=O. The van der Waals surface area contributed by atoms with E-state index < -0.39 is 23.2 Å². The Labute approximate surface area is 162 Å². The van der Waals surface area contributed by atoms with Crippen LogP contribution in [0.5, 0.6) is 0 Å². The Morgan fingerprint density at radius 2 is 2.04 bits per heavy atom. The lowest BCUT2D eigenvalue weighted by Gasteiger charge is -2.18. The van der Waals surface area contributed by atoms with E-state index in [4.69, 9.17) is 0 Å². The molecule has 0 N–H and O–H groups in total. The van der Waals surface area contributed by atoms with E-state index in [0.29, 0.717) is 0 Å². The number of carbonyl (C=O) groups is 3. The first-order valence-corrected chi connectivity index (χ1v) is 9.31. The number of amides is 2. The molecular formula is C18H15BrN2O4S. The maximum absolute atomic E-state index is 12.6. The summed E-state index contributed by atoms with van der Waals surface area (Å²) in [5, 5.41) is -0.486. The number of esters is 1. The van der Waals surface area contributed by atoms with Gasteiger partial charge in [-0.15, -0.1) is 0 Å². The molecule has 1 atom stereocenters. The summed E-state index contributed by atoms with van der Waals surface area (Å²) in [4.78, 5) is 37.7. The third kappa shape index (κ3) is 3.47. The van der Waals surface area contributed by atoms with Crippen LogP contribution in [0.2, 0.25) is 0 Å². The van der Waals surface area contributed by atoms with Crippen LogP contribution < -0.4 is 0 Å². The number of rotatable bonds is 4. The zero-order chi connectivity index (χ0) is 18.8. The van der Waals surface area contributed by atoms with Gasteiger partial charge in [0.15, 0.2) is 0 Å². The normalized spacial score (nSPS) is 17.0. The zero-order valence-corrected chi connectivity index (χ0v) is 16.4. The summed E-state index contributed by atoms with van der Waals surface area (Å²) in [5.74, 6) is -1.13. The van der Waals surface area contributed by atoms with Gasteiger partial charge in [-0.05, 0) is 55.1 Å². The number of imide groups is 1. The number of nitrogens with zero attached hydrogens (tertiary/aromatic N) is 2. The number of carbonyl (C=O) groups excluding carboxylic acids is 3. The zero-order valence-electron chi connectivity index (χ0n) is 14.0. The Morgan fingerprint density at radius 1 is 1.27 bits per heavy atom. The van der Waals surface area contributed by atoms with E-state index in [0.717, 1.165) is 32.5 Å². The molecule has 0 bridgehead atoms. The Kier molecular flexibility index (Phi) is 5.33. The molecule has 2 amide bonds. The fraction of sp³-hybridized carbons (Fsp3) is 0.167. The molecule has 0 spiro atoms. The molecule has 1 aromatic carbocycles. The average molecular weight is 435 g/mol. The molecule has 6 nitrogen and oxygen atoms in total. The molecule has 0 aliphatic carbocycles. The standard InChI is InChI=1S/C18H15BrN2O4S/c1-11(17(23)25-2)21-16(22)15(26-18(21)24)10-14-7-4-8-20(14)13-6-3-5-12(19)9-13/h3-11H,1-2H3/b15-10+/t11-/m1/s1. The summed E-state index contributed by atoms with van der Waals surface area (Å²) >= 11 is 4.25. The minimum absolute atomic E-state index is 0.265. The molecule has 1 fully saturated rings. The molecule has 3 rings (SSSR count). The molecule has 26 heavy (non-hydrogen) atoms. The monoisotopic (exact) mass is 434 g/mol. The smallest absolute Gasteiger partial charge is 0.328 e. The lowest BCUT2D eigenvalue weighted by atomic mass is 10.2. The van der Waals surface area contributed by atoms with Crippen molar-refractivity contribution in [3.8, 4) is 5.69 Å². The quantitative estimate of drug-likeness (QED) is 0.539. The van der Waals surface area contributed by atoms with Gasteiger partial charge in [0.1, 0.15) is 6.04 Å². The van der Waals surface area contributed by atoms with Crippen molar-refractivity contribution < 1.29 is 19.1 Å². The summed E-state index contributed by atoms with van der Waals surface area (Å²) in [6.45, 7) is 1.47. The first-order chi connectivity index (χ1) is 12.4. The highest BCUT2D eigenvalue weighted by Crippen LogP contribution is 2.34. The van der Waals surface area contributed by atoms with Crippen molar-refractivity contribution in [2.24, 2.45) is 0 Å². The van der Waals surface area contributed by atoms with Crippen LogP contribution in [0.4, 0.5) is 4.79 Å². The van der Waals surface area contributed by atoms with Crippen LogP contribution in [0.3, 0.4) is 0 Å². The molecule has 1 aliphatic heterocycles. The Balaban J connectivity index is 1.93. The van der Waals surface area contributed by atoms with Gasteiger partial charge in [-0.3, -0.25) is 14.5 Å². The van der Waals surface area contributed by atoms with Crippen LogP contribution in [-0.2, 0) is 14.3 Å². The summed E-state index contributed by atoms with van der Waals surface area (Å²) < 4.78 is 7.47. The number of ether oxygens (including phenoxy) is 1. The Morgan fingerprint density at radius 3 is 2.73 bits per heavy atom. The second-order valence-corrected chi connectivity index (χ2v) is 7.44. The summed E-state index contributed by atoms with van der Waals surface area (Å²) in [7, 11) is 1.22. The third-order valence-corrected chi connectivity index (χ3v) is 5.28. The fourth-order valence-corrected chi connectivity index (χ4v) is 3.88. The molecule has 1 aliphatic rings. The largest absolute Gasteiger partial charge is 0.467 e. The molecule has 8 heteroatoms. The maximum Gasteiger partial charge on any atom is 0.328 e. The van der Waals surface area contributed by atoms with Crippen LogP contribution in [0.25, 0.3) is 11.8 Å². The molecular weight excluding hydrogens is 420 g/mol. The first kappa shape index (κ1) is 18.5. The van der Waals surface area contributed by atoms with Crippen LogP contribution in [0.1, 0.15) is 12.6 Å². The molecule has 0 saturated carbocycles. The summed E-state index contributed by atoms with van der Waals surface area (Å²) in [5.41, 5.74) is 1.66. The molecule has 0 unspecified atom stereocenters. The van der Waals surface area contributed by atoms with Gasteiger partial charge in [-0.25, -0.2) is 4.79 Å². The van der Waals surface area contributed by atoms with Gasteiger partial charge in [-0.1, -0.05) is 22.0 Å². The van der Waals surface area contributed by atoms with Gasteiger partial charge in [0.2, 0.25) is 0 Å². The molecule has 134 valence electrons. The lowest BCUT2D eigenvalue weighted by Crippen LogP contribution is -2.42. The molecule has 2 aromatic rings. The van der Waals surface area contributed by atoms with Crippen molar-refractivity contribution >= 4 is 50.9 Å². The minimum Gasteiger partial charge on any atom is -0.467 e. The van der Waals surface area contributed by atoms with Gasteiger partial charge in [0, 0.05) is 22.1 Å². The van der Waals surface area contributed by atoms with Gasteiger partial charge in [0.25, 0.3) is 11.1 Å². The van der Waals surface area contributed by atoms with Crippen LogP contribution in [0.15, 0.2) is 52.0 Å². The van der Waals surface area contributed by atoms with Crippen molar-refractivity contribution in [3.05, 3.63) is 57.7 Å². The van der Waals surface area contributed by atoms with E-state index in [9.17, 15) is 14.4 Å². The summed E-state index contributed by atoms with van der Waals surface area (Å²) in [6, 6.07) is 10.5. The van der Waals surface area contributed by atoms with Crippen molar-refractivity contribution in [1.82, 2.24) is 9.47 Å². The predicted molar refractivity (Wildman–Crippen MR) is 103 cm³/mol. The van der Waals surface area contributed by atoms with Crippen molar-refractivity contribution in [2.45, 2.75) is 13.0 Å². The van der Waals surface area contributed by atoms with E-state index in [1.165, 1.54) is 14.0 Å². The highest BCUT2D eigenvalue weighted by Gasteiger charge is 2.41. The molecule has 2 heterocycles. The van der Waals surface area contributed by atoms with Crippen LogP contribution >= 0.6 is 27.7 Å². The number of hydrogen-bond donors (Lipinski definition) is 0. The van der Waals surface area contributed by atoms with E-state index in [1.54, 1.807) is 6.08 Å². The fourth-order valence-electron chi connectivity index (χ4n) is 2.60. The van der Waals surface area contributed by atoms with Gasteiger partial charge < -0.3 is 9.30 Å². The highest BCUT2D eigenvalue weighted by atomic mass is 79.9. The van der Waals surface area contributed by atoms with E-state index in [-0.39, 0.29) is 4.91 Å². The molecule has 1 aromatic heterocycles. The lowest BCUT2D eigenvalue weighted by molar-refractivity contribution is -0.148. The van der Waals surface area contributed by atoms with Crippen molar-refractivity contribution in [2.75, 3.05) is 7.11 Å². The number of methoxy groups -OCH3 is 1. The predicted octanol–water partition coefficient (Wildman–Crippen LogP) is 3.84. The second-order valence-electron chi connectivity index (χ2n) is 5.53. The second kappa shape index (κ2) is 7.51. The number of aromatic nitrogens is 1. The van der Waals surface area contributed by atoms with E-state index >= 15 is 0 Å².